The average Bonchev–Trinajstić information content (AvgIpc) is 2.28. The van der Waals surface area contributed by atoms with E-state index in [1.165, 1.54) is 20.3 Å². The summed E-state index contributed by atoms with van der Waals surface area (Å²) in [5.41, 5.74) is 5.20. The molecule has 1 aromatic rings. The van der Waals surface area contributed by atoms with Crippen LogP contribution in [-0.4, -0.2) is 26.5 Å². The van der Waals surface area contributed by atoms with Crippen LogP contribution in [0.15, 0.2) is 6.07 Å². The predicted octanol–water partition coefficient (Wildman–Crippen LogP) is 1.64. The molecule has 0 aliphatic rings. The smallest absolute Gasteiger partial charge is 0.209 e. The molecule has 88 valence electrons. The molecule has 6 heteroatoms. The molecule has 2 N–H and O–H groups in total. The molecular weight excluding hydrogens is 237 g/mol. The zero-order valence-electron chi connectivity index (χ0n) is 8.84. The molecule has 0 aromatic heterocycles. The van der Waals surface area contributed by atoms with Crippen molar-refractivity contribution in [3.8, 4) is 11.5 Å². The van der Waals surface area contributed by atoms with Gasteiger partial charge < -0.3 is 15.2 Å². The molecule has 0 radical (unpaired) electrons. The first-order valence-electron chi connectivity index (χ1n) is 4.40. The molecular formula is C10H11ClFNO3. The molecule has 0 unspecified atom stereocenters. The van der Waals surface area contributed by atoms with Gasteiger partial charge in [-0.05, 0) is 6.07 Å². The van der Waals surface area contributed by atoms with Crippen LogP contribution in [0.2, 0.25) is 5.02 Å². The first-order chi connectivity index (χ1) is 7.56. The summed E-state index contributed by atoms with van der Waals surface area (Å²) in [5.74, 6) is -1.64. The Bertz CT molecular complexity index is 423. The fourth-order valence-electron chi connectivity index (χ4n) is 1.29. The summed E-state index contributed by atoms with van der Waals surface area (Å²) < 4.78 is 23.3. The number of hydrogen-bond donors (Lipinski definition) is 1. The van der Waals surface area contributed by atoms with E-state index in [1.807, 2.05) is 0 Å². The van der Waals surface area contributed by atoms with Crippen molar-refractivity contribution in [2.24, 2.45) is 5.73 Å². The molecule has 0 spiro atoms. The Morgan fingerprint density at radius 2 is 2.00 bits per heavy atom. The van der Waals surface area contributed by atoms with Crippen LogP contribution in [-0.2, 0) is 0 Å². The third kappa shape index (κ3) is 2.10. The minimum Gasteiger partial charge on any atom is -0.493 e. The SMILES string of the molecule is COc1c(Cl)cc(C(=O)CN)c(OC)c1F. The number of ketones is 1. The van der Waals surface area contributed by atoms with Gasteiger partial charge in [0.25, 0.3) is 0 Å². The number of halogens is 2. The van der Waals surface area contributed by atoms with E-state index in [0.717, 1.165) is 0 Å². The molecule has 0 amide bonds. The number of Topliss-reactive ketones (excluding diaryl/α,β-unsaturated/α-hetero) is 1. The van der Waals surface area contributed by atoms with E-state index >= 15 is 0 Å². The Hall–Kier alpha value is -1.33. The number of benzene rings is 1. The summed E-state index contributed by atoms with van der Waals surface area (Å²) in [7, 11) is 2.52. The lowest BCUT2D eigenvalue weighted by Gasteiger charge is -2.12. The van der Waals surface area contributed by atoms with Crippen molar-refractivity contribution < 1.29 is 18.7 Å². The summed E-state index contributed by atoms with van der Waals surface area (Å²) in [4.78, 5) is 11.4. The number of carbonyl (C=O) groups is 1. The highest BCUT2D eigenvalue weighted by Gasteiger charge is 2.22. The van der Waals surface area contributed by atoms with Gasteiger partial charge in [0.1, 0.15) is 0 Å². The lowest BCUT2D eigenvalue weighted by molar-refractivity contribution is 0.0997. The van der Waals surface area contributed by atoms with Crippen molar-refractivity contribution in [1.29, 1.82) is 0 Å². The van der Waals surface area contributed by atoms with Gasteiger partial charge in [0.05, 0.1) is 31.4 Å². The lowest BCUT2D eigenvalue weighted by Crippen LogP contribution is -2.15. The Labute approximate surface area is 97.1 Å². The van der Waals surface area contributed by atoms with Crippen LogP contribution in [0, 0.1) is 5.82 Å². The second-order valence-electron chi connectivity index (χ2n) is 2.91. The van der Waals surface area contributed by atoms with Crippen molar-refractivity contribution >= 4 is 17.4 Å². The van der Waals surface area contributed by atoms with Gasteiger partial charge in [-0.25, -0.2) is 0 Å². The standard InChI is InChI=1S/C10H11ClFNO3/c1-15-9-5(7(14)4-13)3-6(11)10(16-2)8(9)12/h3H,4,13H2,1-2H3. The summed E-state index contributed by atoms with van der Waals surface area (Å²) >= 11 is 5.75. The first kappa shape index (κ1) is 12.7. The maximum absolute atomic E-state index is 13.8. The molecule has 16 heavy (non-hydrogen) atoms. The third-order valence-corrected chi connectivity index (χ3v) is 2.31. The van der Waals surface area contributed by atoms with Crippen LogP contribution >= 0.6 is 11.6 Å². The molecule has 0 aliphatic heterocycles. The van der Waals surface area contributed by atoms with Crippen LogP contribution in [0.5, 0.6) is 11.5 Å². The number of nitrogens with two attached hydrogens (primary N) is 1. The second kappa shape index (κ2) is 5.14. The van der Waals surface area contributed by atoms with Crippen LogP contribution in [0.4, 0.5) is 4.39 Å². The molecule has 1 aromatic carbocycles. The van der Waals surface area contributed by atoms with Gasteiger partial charge in [0.15, 0.2) is 17.3 Å². The van der Waals surface area contributed by atoms with E-state index in [9.17, 15) is 9.18 Å². The van der Waals surface area contributed by atoms with Gasteiger partial charge in [0, 0.05) is 0 Å². The Kier molecular flexibility index (Phi) is 4.09. The summed E-state index contributed by atoms with van der Waals surface area (Å²) in [5, 5.41) is -0.00222. The minimum absolute atomic E-state index is 0.00222. The first-order valence-corrected chi connectivity index (χ1v) is 4.77. The number of carbonyl (C=O) groups excluding carboxylic acids is 1. The van der Waals surface area contributed by atoms with Crippen LogP contribution in [0.25, 0.3) is 0 Å². The molecule has 0 bridgehead atoms. The van der Waals surface area contributed by atoms with E-state index in [2.05, 4.69) is 0 Å². The largest absolute Gasteiger partial charge is 0.493 e. The highest BCUT2D eigenvalue weighted by molar-refractivity contribution is 6.32. The highest BCUT2D eigenvalue weighted by atomic mass is 35.5. The van der Waals surface area contributed by atoms with Crippen molar-refractivity contribution in [3.63, 3.8) is 0 Å². The van der Waals surface area contributed by atoms with Crippen LogP contribution in [0.3, 0.4) is 0 Å². The normalized spacial score (nSPS) is 10.1. The van der Waals surface area contributed by atoms with Gasteiger partial charge in [-0.2, -0.15) is 4.39 Å². The number of methoxy groups -OCH3 is 2. The zero-order chi connectivity index (χ0) is 12.3. The maximum atomic E-state index is 13.8. The fourth-order valence-corrected chi connectivity index (χ4v) is 1.56. The quantitative estimate of drug-likeness (QED) is 0.822. The number of hydrogen-bond acceptors (Lipinski definition) is 4. The van der Waals surface area contributed by atoms with Gasteiger partial charge >= 0.3 is 0 Å². The van der Waals surface area contributed by atoms with Crippen LogP contribution < -0.4 is 15.2 Å². The summed E-state index contributed by atoms with van der Waals surface area (Å²) in [6.07, 6.45) is 0. The van der Waals surface area contributed by atoms with Gasteiger partial charge in [-0.3, -0.25) is 4.79 Å². The van der Waals surface area contributed by atoms with Crippen molar-refractivity contribution in [2.45, 2.75) is 0 Å². The summed E-state index contributed by atoms with van der Waals surface area (Å²) in [6.45, 7) is -0.252. The zero-order valence-corrected chi connectivity index (χ0v) is 9.60. The molecule has 0 saturated carbocycles. The van der Waals surface area contributed by atoms with Gasteiger partial charge in [-0.15, -0.1) is 0 Å². The monoisotopic (exact) mass is 247 g/mol. The molecule has 0 saturated heterocycles. The molecule has 4 nitrogen and oxygen atoms in total. The number of rotatable bonds is 4. The fraction of sp³-hybridized carbons (Fsp3) is 0.300. The topological polar surface area (TPSA) is 61.5 Å². The number of ether oxygens (including phenoxy) is 2. The van der Waals surface area contributed by atoms with E-state index in [0.29, 0.717) is 0 Å². The Balaban J connectivity index is 3.46. The van der Waals surface area contributed by atoms with E-state index < -0.39 is 11.6 Å². The van der Waals surface area contributed by atoms with Crippen molar-refractivity contribution in [2.75, 3.05) is 20.8 Å². The van der Waals surface area contributed by atoms with E-state index in [1.54, 1.807) is 0 Å². The van der Waals surface area contributed by atoms with Crippen molar-refractivity contribution in [1.82, 2.24) is 0 Å². The molecule has 0 fully saturated rings. The Morgan fingerprint density at radius 1 is 1.44 bits per heavy atom. The van der Waals surface area contributed by atoms with E-state index in [4.69, 9.17) is 26.8 Å². The summed E-state index contributed by atoms with van der Waals surface area (Å²) in [6, 6.07) is 1.28. The molecule has 0 atom stereocenters. The van der Waals surface area contributed by atoms with Gasteiger partial charge in [0.2, 0.25) is 5.82 Å². The van der Waals surface area contributed by atoms with Crippen molar-refractivity contribution in [3.05, 3.63) is 22.5 Å². The third-order valence-electron chi connectivity index (χ3n) is 2.03. The lowest BCUT2D eigenvalue weighted by atomic mass is 10.1. The second-order valence-corrected chi connectivity index (χ2v) is 3.32. The highest BCUT2D eigenvalue weighted by Crippen LogP contribution is 2.36. The maximum Gasteiger partial charge on any atom is 0.209 e. The average molecular weight is 248 g/mol. The molecule has 0 heterocycles. The molecule has 1 rings (SSSR count). The van der Waals surface area contributed by atoms with E-state index in [-0.39, 0.29) is 28.6 Å². The molecule has 0 aliphatic carbocycles. The Morgan fingerprint density at radius 3 is 2.44 bits per heavy atom. The van der Waals surface area contributed by atoms with Crippen LogP contribution in [0.1, 0.15) is 10.4 Å². The predicted molar refractivity (Wildman–Crippen MR) is 57.9 cm³/mol. The van der Waals surface area contributed by atoms with Gasteiger partial charge in [-0.1, -0.05) is 11.6 Å². The minimum atomic E-state index is -0.811.